The highest BCUT2D eigenvalue weighted by Crippen LogP contribution is 2.45. The molecule has 6 rings (SSSR count). The zero-order valence-electron chi connectivity index (χ0n) is 27.7. The van der Waals surface area contributed by atoms with Gasteiger partial charge in [-0.2, -0.15) is 0 Å². The van der Waals surface area contributed by atoms with Crippen LogP contribution in [0.5, 0.6) is 0 Å². The third-order valence-corrected chi connectivity index (χ3v) is 9.56. The maximum Gasteiger partial charge on any atom is 0.253 e. The SMILES string of the molecule is CCN(CC)C(=O)[C@@H](O)[C@@H]1[C@H]2OC(C)(C)O[C@H]2[C@H](COC(c2ccccc2)(c2ccccc2)c2ccccc2)N1Cc1ccccc1. The van der Waals surface area contributed by atoms with Crippen LogP contribution in [0.25, 0.3) is 0 Å². The summed E-state index contributed by atoms with van der Waals surface area (Å²) in [6, 6.07) is 40.0. The number of nitrogens with zero attached hydrogens (tertiary/aromatic N) is 2. The Morgan fingerprint density at radius 2 is 1.23 bits per heavy atom. The van der Waals surface area contributed by atoms with Crippen molar-refractivity contribution in [3.63, 3.8) is 0 Å². The van der Waals surface area contributed by atoms with Crippen molar-refractivity contribution >= 4 is 5.91 Å². The minimum absolute atomic E-state index is 0.245. The summed E-state index contributed by atoms with van der Waals surface area (Å²) in [5, 5.41) is 11.9. The molecule has 0 aromatic heterocycles. The first kappa shape index (κ1) is 33.1. The molecule has 47 heavy (non-hydrogen) atoms. The maximum absolute atomic E-state index is 13.7. The van der Waals surface area contributed by atoms with Gasteiger partial charge in [-0.05, 0) is 49.9 Å². The zero-order valence-corrected chi connectivity index (χ0v) is 27.7. The molecule has 7 heteroatoms. The number of likely N-dealkylation sites (N-methyl/N-ethyl adjacent to an activating group) is 1. The number of ether oxygens (including phenoxy) is 3. The van der Waals surface area contributed by atoms with E-state index in [4.69, 9.17) is 14.2 Å². The Labute approximate surface area is 278 Å². The first-order valence-electron chi connectivity index (χ1n) is 16.7. The van der Waals surface area contributed by atoms with E-state index in [9.17, 15) is 9.90 Å². The largest absolute Gasteiger partial charge is 0.381 e. The van der Waals surface area contributed by atoms with E-state index in [1.54, 1.807) is 4.90 Å². The molecule has 2 fully saturated rings. The average molecular weight is 635 g/mol. The highest BCUT2D eigenvalue weighted by atomic mass is 16.8. The van der Waals surface area contributed by atoms with Gasteiger partial charge in [0.2, 0.25) is 0 Å². The number of carbonyl (C=O) groups is 1. The molecule has 1 amide bonds. The fraction of sp³-hybridized carbons (Fsp3) is 0.375. The van der Waals surface area contributed by atoms with Crippen LogP contribution in [-0.2, 0) is 31.2 Å². The van der Waals surface area contributed by atoms with Crippen molar-refractivity contribution in [1.82, 2.24) is 9.80 Å². The van der Waals surface area contributed by atoms with Crippen LogP contribution in [-0.4, -0.2) is 76.7 Å². The predicted molar refractivity (Wildman–Crippen MR) is 182 cm³/mol. The maximum atomic E-state index is 13.7. The van der Waals surface area contributed by atoms with Crippen molar-refractivity contribution in [1.29, 1.82) is 0 Å². The van der Waals surface area contributed by atoms with E-state index >= 15 is 0 Å². The molecule has 2 aliphatic heterocycles. The fourth-order valence-corrected chi connectivity index (χ4v) is 7.39. The number of benzene rings is 4. The monoisotopic (exact) mass is 634 g/mol. The molecule has 2 heterocycles. The van der Waals surface area contributed by atoms with Crippen molar-refractivity contribution in [2.75, 3.05) is 19.7 Å². The van der Waals surface area contributed by atoms with Crippen LogP contribution in [0.3, 0.4) is 0 Å². The molecule has 246 valence electrons. The van der Waals surface area contributed by atoms with E-state index in [-0.39, 0.29) is 18.6 Å². The molecular weight excluding hydrogens is 588 g/mol. The lowest BCUT2D eigenvalue weighted by atomic mass is 9.80. The second kappa shape index (κ2) is 14.1. The smallest absolute Gasteiger partial charge is 0.253 e. The molecule has 7 nitrogen and oxygen atoms in total. The van der Waals surface area contributed by atoms with E-state index in [1.807, 2.05) is 100 Å². The van der Waals surface area contributed by atoms with Crippen molar-refractivity contribution in [2.24, 2.45) is 0 Å². The van der Waals surface area contributed by atoms with Gasteiger partial charge >= 0.3 is 0 Å². The molecule has 2 saturated heterocycles. The van der Waals surface area contributed by atoms with Gasteiger partial charge in [-0.15, -0.1) is 0 Å². The van der Waals surface area contributed by atoms with Gasteiger partial charge < -0.3 is 24.2 Å². The van der Waals surface area contributed by atoms with Gasteiger partial charge in [0, 0.05) is 19.6 Å². The quantitative estimate of drug-likeness (QED) is 0.193. The van der Waals surface area contributed by atoms with Gasteiger partial charge in [-0.3, -0.25) is 9.69 Å². The van der Waals surface area contributed by atoms with Gasteiger partial charge in [0.25, 0.3) is 5.91 Å². The Kier molecular flexibility index (Phi) is 9.92. The number of rotatable bonds is 12. The summed E-state index contributed by atoms with van der Waals surface area (Å²) in [6.45, 7) is 9.39. The molecule has 0 unspecified atom stereocenters. The number of fused-ring (bicyclic) bond motifs is 1. The normalized spacial score (nSPS) is 22.9. The van der Waals surface area contributed by atoms with Gasteiger partial charge in [0.1, 0.15) is 17.8 Å². The molecule has 1 N–H and O–H groups in total. The van der Waals surface area contributed by atoms with Gasteiger partial charge in [0.15, 0.2) is 11.9 Å². The molecule has 0 bridgehead atoms. The fourth-order valence-electron chi connectivity index (χ4n) is 7.39. The summed E-state index contributed by atoms with van der Waals surface area (Å²) in [5.41, 5.74) is 3.11. The average Bonchev–Trinajstić information content (AvgIpc) is 3.56. The highest BCUT2D eigenvalue weighted by molar-refractivity contribution is 5.81. The van der Waals surface area contributed by atoms with Crippen LogP contribution in [0, 0.1) is 0 Å². The summed E-state index contributed by atoms with van der Waals surface area (Å²) < 4.78 is 20.5. The lowest BCUT2D eigenvalue weighted by Gasteiger charge is -2.40. The van der Waals surface area contributed by atoms with E-state index < -0.39 is 35.7 Å². The van der Waals surface area contributed by atoms with Crippen LogP contribution in [0.4, 0.5) is 0 Å². The van der Waals surface area contributed by atoms with Crippen LogP contribution >= 0.6 is 0 Å². The first-order chi connectivity index (χ1) is 22.8. The minimum Gasteiger partial charge on any atom is -0.381 e. The van der Waals surface area contributed by atoms with E-state index in [1.165, 1.54) is 0 Å². The third-order valence-electron chi connectivity index (χ3n) is 9.56. The van der Waals surface area contributed by atoms with Crippen LogP contribution in [0.1, 0.15) is 49.9 Å². The lowest BCUT2D eigenvalue weighted by Crippen LogP contribution is -2.55. The Bertz CT molecular complexity index is 1480. The van der Waals surface area contributed by atoms with E-state index in [0.29, 0.717) is 19.6 Å². The number of likely N-dealkylation sites (tertiary alicyclic amines) is 1. The first-order valence-corrected chi connectivity index (χ1v) is 16.7. The minimum atomic E-state index is -1.31. The molecule has 0 radical (unpaired) electrons. The summed E-state index contributed by atoms with van der Waals surface area (Å²) in [7, 11) is 0. The van der Waals surface area contributed by atoms with Gasteiger partial charge in [-0.1, -0.05) is 121 Å². The molecule has 2 aliphatic rings. The number of aliphatic hydroxyl groups excluding tert-OH is 1. The lowest BCUT2D eigenvalue weighted by molar-refractivity contribution is -0.183. The Morgan fingerprint density at radius 1 is 0.787 bits per heavy atom. The molecule has 4 aromatic carbocycles. The molecule has 0 aliphatic carbocycles. The second-order valence-corrected chi connectivity index (χ2v) is 12.8. The molecule has 4 aromatic rings. The van der Waals surface area contributed by atoms with Crippen molar-refractivity contribution in [3.05, 3.63) is 144 Å². The van der Waals surface area contributed by atoms with E-state index in [2.05, 4.69) is 53.4 Å². The highest BCUT2D eigenvalue weighted by Gasteiger charge is 2.61. The summed E-state index contributed by atoms with van der Waals surface area (Å²) in [5.74, 6) is -1.20. The van der Waals surface area contributed by atoms with Crippen molar-refractivity contribution in [2.45, 2.75) is 76.0 Å². The molecule has 5 atom stereocenters. The van der Waals surface area contributed by atoms with Crippen molar-refractivity contribution < 1.29 is 24.1 Å². The molecular formula is C40H46N2O5. The summed E-state index contributed by atoms with van der Waals surface area (Å²) in [4.78, 5) is 17.6. The number of hydrogen-bond acceptors (Lipinski definition) is 6. The van der Waals surface area contributed by atoms with Crippen LogP contribution in [0.2, 0.25) is 0 Å². The standard InChI is InChI=1S/C40H46N2O5/c1-5-41(6-2)38(44)35(43)34-37-36(46-39(3,4)47-37)33(42(34)27-29-19-11-7-12-20-29)28-45-40(30-21-13-8-14-22-30,31-23-15-9-16-24-31)32-25-17-10-18-26-32/h7-26,33-37,43H,5-6,27-28H2,1-4H3/t33-,34+,35-,36-,37+/m0/s1. The Hall–Kier alpha value is -3.85. The van der Waals surface area contributed by atoms with Gasteiger partial charge in [-0.25, -0.2) is 0 Å². The van der Waals surface area contributed by atoms with Crippen LogP contribution < -0.4 is 0 Å². The number of carbonyl (C=O) groups excluding carboxylic acids is 1. The van der Waals surface area contributed by atoms with Gasteiger partial charge in [0.05, 0.1) is 18.7 Å². The van der Waals surface area contributed by atoms with E-state index in [0.717, 1.165) is 22.3 Å². The predicted octanol–water partition coefficient (Wildman–Crippen LogP) is 6.00. The molecule has 0 saturated carbocycles. The van der Waals surface area contributed by atoms with Crippen LogP contribution in [0.15, 0.2) is 121 Å². The number of hydrogen-bond donors (Lipinski definition) is 1. The summed E-state index contributed by atoms with van der Waals surface area (Å²) in [6.07, 6.45) is -2.30. The summed E-state index contributed by atoms with van der Waals surface area (Å²) >= 11 is 0. The zero-order chi connectivity index (χ0) is 33.0. The Balaban J connectivity index is 1.46. The topological polar surface area (TPSA) is 71.5 Å². The molecule has 0 spiro atoms. The second-order valence-electron chi connectivity index (χ2n) is 12.8. The number of amides is 1. The Morgan fingerprint density at radius 3 is 1.70 bits per heavy atom. The van der Waals surface area contributed by atoms with Crippen molar-refractivity contribution in [3.8, 4) is 0 Å². The third kappa shape index (κ3) is 6.51. The number of aliphatic hydroxyl groups is 1.